The van der Waals surface area contributed by atoms with Gasteiger partial charge in [-0.2, -0.15) is 5.10 Å². The van der Waals surface area contributed by atoms with E-state index in [-0.39, 0.29) is 18.0 Å². The summed E-state index contributed by atoms with van der Waals surface area (Å²) >= 11 is 0. The van der Waals surface area contributed by atoms with Crippen LogP contribution in [0.15, 0.2) is 41.2 Å². The minimum Gasteiger partial charge on any atom is -0.497 e. The fraction of sp³-hybridized carbons (Fsp3) is 0.522. The first-order chi connectivity index (χ1) is 14.6. The molecule has 1 N–H and O–H groups in total. The predicted molar refractivity (Wildman–Crippen MR) is 115 cm³/mol. The maximum atomic E-state index is 12.6. The van der Waals surface area contributed by atoms with E-state index in [0.29, 0.717) is 29.9 Å². The molecule has 7 nitrogen and oxygen atoms in total. The van der Waals surface area contributed by atoms with Crippen LogP contribution in [-0.4, -0.2) is 53.4 Å². The van der Waals surface area contributed by atoms with Gasteiger partial charge in [0.15, 0.2) is 0 Å². The first kappa shape index (κ1) is 20.6. The summed E-state index contributed by atoms with van der Waals surface area (Å²) in [5.74, 6) is 1.05. The number of fused-ring (bicyclic) bond motifs is 1. The first-order valence-electron chi connectivity index (χ1n) is 10.9. The maximum Gasteiger partial charge on any atom is 0.267 e. The number of carbonyl (C=O) groups excluding carboxylic acids is 1. The predicted octanol–water partition coefficient (Wildman–Crippen LogP) is 2.30. The third-order valence-corrected chi connectivity index (χ3v) is 6.32. The molecule has 2 unspecified atom stereocenters. The van der Waals surface area contributed by atoms with E-state index in [0.717, 1.165) is 12.0 Å². The topological polar surface area (TPSA) is 76.5 Å². The molecule has 2 atom stereocenters. The molecule has 2 saturated heterocycles. The van der Waals surface area contributed by atoms with E-state index in [4.69, 9.17) is 4.74 Å². The van der Waals surface area contributed by atoms with Gasteiger partial charge in [-0.15, -0.1) is 0 Å². The van der Waals surface area contributed by atoms with Gasteiger partial charge < -0.3 is 15.0 Å². The Kier molecular flexibility index (Phi) is 6.47. The van der Waals surface area contributed by atoms with Gasteiger partial charge in [0.2, 0.25) is 5.91 Å². The lowest BCUT2D eigenvalue weighted by Crippen LogP contribution is -2.51. The molecule has 0 aliphatic carbocycles. The van der Waals surface area contributed by atoms with E-state index in [9.17, 15) is 9.59 Å². The Hall–Kier alpha value is -2.67. The van der Waals surface area contributed by atoms with E-state index in [2.05, 4.69) is 15.3 Å². The van der Waals surface area contributed by atoms with Gasteiger partial charge in [-0.05, 0) is 62.9 Å². The van der Waals surface area contributed by atoms with Crippen LogP contribution in [0.3, 0.4) is 0 Å². The van der Waals surface area contributed by atoms with Crippen LogP contribution in [0.5, 0.6) is 5.75 Å². The number of rotatable bonds is 6. The molecule has 1 aromatic heterocycles. The zero-order valence-electron chi connectivity index (χ0n) is 17.5. The van der Waals surface area contributed by atoms with Crippen LogP contribution in [0.25, 0.3) is 11.3 Å². The van der Waals surface area contributed by atoms with Crippen LogP contribution in [-0.2, 0) is 11.3 Å². The molecule has 0 saturated carbocycles. The summed E-state index contributed by atoms with van der Waals surface area (Å²) in [6.07, 6.45) is 6.14. The van der Waals surface area contributed by atoms with Crippen molar-refractivity contribution in [3.8, 4) is 17.0 Å². The van der Waals surface area contributed by atoms with Crippen LogP contribution in [0.1, 0.15) is 32.1 Å². The van der Waals surface area contributed by atoms with Gasteiger partial charge in [0.05, 0.1) is 12.8 Å². The van der Waals surface area contributed by atoms with E-state index in [1.54, 1.807) is 13.2 Å². The molecule has 0 bridgehead atoms. The summed E-state index contributed by atoms with van der Waals surface area (Å²) in [5.41, 5.74) is 1.18. The number of methoxy groups -OCH3 is 1. The summed E-state index contributed by atoms with van der Waals surface area (Å²) in [6, 6.07) is 11.2. The van der Waals surface area contributed by atoms with Crippen molar-refractivity contribution in [3.05, 3.63) is 46.8 Å². The van der Waals surface area contributed by atoms with Gasteiger partial charge in [-0.1, -0.05) is 18.6 Å². The summed E-state index contributed by atoms with van der Waals surface area (Å²) in [7, 11) is 1.61. The van der Waals surface area contributed by atoms with Crippen LogP contribution >= 0.6 is 0 Å². The fourth-order valence-electron chi connectivity index (χ4n) is 4.75. The second-order valence-corrected chi connectivity index (χ2v) is 8.25. The molecule has 2 aliphatic rings. The van der Waals surface area contributed by atoms with Crippen molar-refractivity contribution in [2.75, 3.05) is 26.7 Å². The Morgan fingerprint density at radius 3 is 2.90 bits per heavy atom. The smallest absolute Gasteiger partial charge is 0.267 e. The lowest BCUT2D eigenvalue weighted by molar-refractivity contribution is -0.122. The van der Waals surface area contributed by atoms with Crippen molar-refractivity contribution in [1.29, 1.82) is 0 Å². The summed E-state index contributed by atoms with van der Waals surface area (Å²) < 4.78 is 6.49. The van der Waals surface area contributed by atoms with Crippen LogP contribution in [0.4, 0.5) is 0 Å². The summed E-state index contributed by atoms with van der Waals surface area (Å²) in [6.45, 7) is 2.97. The average molecular weight is 411 g/mol. The summed E-state index contributed by atoms with van der Waals surface area (Å²) in [5, 5.41) is 7.45. The Labute approximate surface area is 177 Å². The van der Waals surface area contributed by atoms with E-state index >= 15 is 0 Å². The van der Waals surface area contributed by atoms with Gasteiger partial charge >= 0.3 is 0 Å². The third-order valence-electron chi connectivity index (χ3n) is 6.32. The SMILES string of the molecule is COc1cccc(-c2ccc(=O)n(CC(=O)NCC3CCCN4CCCCC34)n2)c1. The maximum absolute atomic E-state index is 12.6. The number of hydrogen-bond donors (Lipinski definition) is 1. The van der Waals surface area contributed by atoms with Crippen molar-refractivity contribution in [3.63, 3.8) is 0 Å². The number of benzene rings is 1. The van der Waals surface area contributed by atoms with Gasteiger partial charge in [-0.3, -0.25) is 9.59 Å². The van der Waals surface area contributed by atoms with Crippen molar-refractivity contribution >= 4 is 5.91 Å². The highest BCUT2D eigenvalue weighted by Gasteiger charge is 2.32. The Balaban J connectivity index is 1.40. The highest BCUT2D eigenvalue weighted by atomic mass is 16.5. The average Bonchev–Trinajstić information content (AvgIpc) is 2.79. The highest BCUT2D eigenvalue weighted by molar-refractivity contribution is 5.75. The molecule has 7 heteroatoms. The fourth-order valence-corrected chi connectivity index (χ4v) is 4.75. The van der Waals surface area contributed by atoms with Crippen LogP contribution in [0.2, 0.25) is 0 Å². The largest absolute Gasteiger partial charge is 0.497 e. The molecule has 1 aromatic carbocycles. The van der Waals surface area contributed by atoms with Crippen LogP contribution in [0, 0.1) is 5.92 Å². The van der Waals surface area contributed by atoms with Gasteiger partial charge in [0, 0.05) is 24.2 Å². The lowest BCUT2D eigenvalue weighted by Gasteiger charge is -2.44. The molecule has 4 rings (SSSR count). The highest BCUT2D eigenvalue weighted by Crippen LogP contribution is 2.30. The Morgan fingerprint density at radius 1 is 1.17 bits per heavy atom. The lowest BCUT2D eigenvalue weighted by atomic mass is 9.83. The molecule has 3 heterocycles. The van der Waals surface area contributed by atoms with Crippen LogP contribution < -0.4 is 15.6 Å². The quantitative estimate of drug-likeness (QED) is 0.791. The number of carbonyl (C=O) groups is 1. The van der Waals surface area contributed by atoms with Gasteiger partial charge in [-0.25, -0.2) is 4.68 Å². The Morgan fingerprint density at radius 2 is 2.03 bits per heavy atom. The van der Waals surface area contributed by atoms with E-state index in [1.165, 1.54) is 49.5 Å². The standard InChI is InChI=1S/C23H30N4O3/c1-30-19-8-4-6-17(14-19)20-10-11-23(29)27(25-20)16-22(28)24-15-18-7-5-13-26-12-3-2-9-21(18)26/h4,6,8,10-11,14,18,21H,2-3,5,7,9,12-13,15-16H2,1H3,(H,24,28). The molecule has 2 aromatic rings. The number of nitrogens with one attached hydrogen (secondary N) is 1. The number of aromatic nitrogens is 2. The first-order valence-corrected chi connectivity index (χ1v) is 10.9. The number of hydrogen-bond acceptors (Lipinski definition) is 5. The van der Waals surface area contributed by atoms with Crippen molar-refractivity contribution in [2.24, 2.45) is 5.92 Å². The van der Waals surface area contributed by atoms with E-state index < -0.39 is 0 Å². The normalized spacial score (nSPS) is 21.6. The van der Waals surface area contributed by atoms with Gasteiger partial charge in [0.25, 0.3) is 5.56 Å². The number of ether oxygens (including phenoxy) is 1. The Bertz CT molecular complexity index is 940. The van der Waals surface area contributed by atoms with Gasteiger partial charge in [0.1, 0.15) is 12.3 Å². The molecule has 0 radical (unpaired) electrons. The second kappa shape index (κ2) is 9.43. The zero-order valence-corrected chi connectivity index (χ0v) is 17.5. The number of amides is 1. The third kappa shape index (κ3) is 4.73. The molecular formula is C23H30N4O3. The van der Waals surface area contributed by atoms with Crippen molar-refractivity contribution < 1.29 is 9.53 Å². The molecule has 160 valence electrons. The molecule has 30 heavy (non-hydrogen) atoms. The minimum absolute atomic E-state index is 0.0717. The zero-order chi connectivity index (χ0) is 20.9. The van der Waals surface area contributed by atoms with E-state index in [1.807, 2.05) is 24.3 Å². The molecule has 1 amide bonds. The number of piperidine rings is 2. The number of nitrogens with zero attached hydrogens (tertiary/aromatic N) is 3. The van der Waals surface area contributed by atoms with Crippen molar-refractivity contribution in [1.82, 2.24) is 20.0 Å². The minimum atomic E-state index is -0.284. The molecule has 0 spiro atoms. The molecular weight excluding hydrogens is 380 g/mol. The second-order valence-electron chi connectivity index (χ2n) is 8.25. The molecule has 2 aliphatic heterocycles. The monoisotopic (exact) mass is 410 g/mol. The summed E-state index contributed by atoms with van der Waals surface area (Å²) in [4.78, 5) is 27.4. The molecule has 2 fully saturated rings. The van der Waals surface area contributed by atoms with Crippen molar-refractivity contribution in [2.45, 2.75) is 44.7 Å².